The molecule has 36 heavy (non-hydrogen) atoms. The second-order valence-corrected chi connectivity index (χ2v) is 13.7. The molecule has 0 aromatic rings. The number of aliphatic hydroxyl groups excluding tert-OH is 1. The zero-order valence-electron chi connectivity index (χ0n) is 22.5. The molecule has 0 aromatic carbocycles. The van der Waals surface area contributed by atoms with Crippen molar-refractivity contribution in [3.63, 3.8) is 0 Å². The Hall–Kier alpha value is -1.80. The summed E-state index contributed by atoms with van der Waals surface area (Å²) in [6.45, 7) is 12.6. The Balaban J connectivity index is 1.77. The number of unbranched alkanes of at least 4 members (excludes halogenated alkanes) is 3. The summed E-state index contributed by atoms with van der Waals surface area (Å²) in [6.07, 6.45) is 12.5. The molecule has 1 N–H and O–H groups in total. The molecule has 8 heteroatoms. The summed E-state index contributed by atoms with van der Waals surface area (Å²) >= 11 is 1.66. The van der Waals surface area contributed by atoms with Crippen LogP contribution in [0.4, 0.5) is 0 Å². The predicted octanol–water partition coefficient (Wildman–Crippen LogP) is 3.23. The van der Waals surface area contributed by atoms with E-state index in [1.54, 1.807) is 16.7 Å². The summed E-state index contributed by atoms with van der Waals surface area (Å²) in [5, 5.41) is 9.13. The molecule has 200 valence electrons. The molecule has 4 rings (SSSR count). The van der Waals surface area contributed by atoms with Gasteiger partial charge in [0.2, 0.25) is 17.7 Å². The van der Waals surface area contributed by atoms with Crippen LogP contribution in [0.25, 0.3) is 0 Å². The fraction of sp³-hybridized carbons (Fsp3) is 0.750. The number of fused-ring (bicyclic) bond motifs is 2. The van der Waals surface area contributed by atoms with Gasteiger partial charge in [0, 0.05) is 43.1 Å². The van der Waals surface area contributed by atoms with Gasteiger partial charge in [-0.3, -0.25) is 14.4 Å². The third-order valence-corrected chi connectivity index (χ3v) is 10.0. The van der Waals surface area contributed by atoms with Crippen LogP contribution in [0.5, 0.6) is 0 Å². The van der Waals surface area contributed by atoms with Crippen LogP contribution in [0.1, 0.15) is 66.7 Å². The summed E-state index contributed by atoms with van der Waals surface area (Å²) in [4.78, 5) is 48.1. The van der Waals surface area contributed by atoms with Crippen LogP contribution in [0.3, 0.4) is 0 Å². The molecule has 0 aliphatic carbocycles. The Morgan fingerprint density at radius 3 is 2.31 bits per heavy atom. The number of rotatable bonds is 8. The molecule has 0 radical (unpaired) electrons. The minimum absolute atomic E-state index is 0.0203. The fourth-order valence-electron chi connectivity index (χ4n) is 6.63. The maximum absolute atomic E-state index is 14.3. The Labute approximate surface area is 220 Å². The first kappa shape index (κ1) is 27.2. The minimum Gasteiger partial charge on any atom is -0.396 e. The van der Waals surface area contributed by atoms with E-state index in [1.165, 1.54) is 0 Å². The fourth-order valence-corrected chi connectivity index (χ4v) is 8.79. The molecule has 4 heterocycles. The smallest absolute Gasteiger partial charge is 0.247 e. The van der Waals surface area contributed by atoms with Crippen LogP contribution < -0.4 is 0 Å². The van der Waals surface area contributed by atoms with Gasteiger partial charge in [0.05, 0.1) is 16.6 Å². The van der Waals surface area contributed by atoms with Crippen LogP contribution in [0, 0.1) is 11.8 Å². The minimum atomic E-state index is -0.770. The van der Waals surface area contributed by atoms with Gasteiger partial charge in [-0.2, -0.15) is 0 Å². The van der Waals surface area contributed by atoms with E-state index in [-0.39, 0.29) is 29.9 Å². The Kier molecular flexibility index (Phi) is 7.69. The van der Waals surface area contributed by atoms with E-state index in [0.29, 0.717) is 26.2 Å². The highest BCUT2D eigenvalue weighted by molar-refractivity contribution is 8.02. The quantitative estimate of drug-likeness (QED) is 0.395. The zero-order valence-corrected chi connectivity index (χ0v) is 23.4. The molecule has 2 fully saturated rings. The molecule has 4 aliphatic heterocycles. The van der Waals surface area contributed by atoms with Gasteiger partial charge in [-0.1, -0.05) is 44.1 Å². The molecule has 0 aromatic heterocycles. The Morgan fingerprint density at radius 1 is 0.944 bits per heavy atom. The maximum Gasteiger partial charge on any atom is 0.247 e. The number of aliphatic hydroxyl groups is 1. The monoisotopic (exact) mass is 517 g/mol. The van der Waals surface area contributed by atoms with E-state index >= 15 is 0 Å². The van der Waals surface area contributed by atoms with Crippen molar-refractivity contribution in [1.29, 1.82) is 0 Å². The molecule has 2 saturated heterocycles. The number of hydrogen-bond donors (Lipinski definition) is 1. The predicted molar refractivity (Wildman–Crippen MR) is 143 cm³/mol. The normalized spacial score (nSPS) is 34.1. The standard InChI is InChI=1S/C28H43N3O4S/c1-6-15-29-16-11-13-27(5)20(23(29)33)21-24(34)30(17-9-7-8-10-19-32)22-25(35)31(26(2,3)4)18-12-14-28(21,22)36-27/h11-14,20-22,32H,6-10,15-19H2,1-5H3/t20-,21-,22?,27+,28-/m0/s1. The van der Waals surface area contributed by atoms with Crippen molar-refractivity contribution in [1.82, 2.24) is 14.7 Å². The molecule has 3 amide bonds. The summed E-state index contributed by atoms with van der Waals surface area (Å²) in [6, 6.07) is -0.625. The number of amides is 3. The van der Waals surface area contributed by atoms with Crippen molar-refractivity contribution < 1.29 is 19.5 Å². The van der Waals surface area contributed by atoms with E-state index in [2.05, 4.69) is 32.1 Å². The highest BCUT2D eigenvalue weighted by Crippen LogP contribution is 2.65. The second kappa shape index (κ2) is 10.2. The molecule has 5 atom stereocenters. The van der Waals surface area contributed by atoms with Crippen LogP contribution >= 0.6 is 11.8 Å². The molecule has 4 aliphatic rings. The number of carbonyl (C=O) groups is 3. The van der Waals surface area contributed by atoms with E-state index < -0.39 is 27.4 Å². The largest absolute Gasteiger partial charge is 0.396 e. The SMILES string of the molecule is CCCN1CC=C[C@@]2(C)S[C@]34C=CCN(C(C)(C)C)C(=O)C3N(CCCCCCO)C(=O)[C@@H]4[C@H]2C1=O. The van der Waals surface area contributed by atoms with Crippen LogP contribution in [0.15, 0.2) is 24.3 Å². The van der Waals surface area contributed by atoms with E-state index in [4.69, 9.17) is 5.11 Å². The van der Waals surface area contributed by atoms with Crippen molar-refractivity contribution in [3.8, 4) is 0 Å². The third-order valence-electron chi connectivity index (χ3n) is 8.25. The van der Waals surface area contributed by atoms with Crippen LogP contribution in [-0.2, 0) is 14.4 Å². The molecular weight excluding hydrogens is 474 g/mol. The van der Waals surface area contributed by atoms with Gasteiger partial charge in [0.15, 0.2) is 0 Å². The zero-order chi connectivity index (χ0) is 26.3. The number of thioether (sulfide) groups is 1. The van der Waals surface area contributed by atoms with E-state index in [0.717, 1.165) is 32.1 Å². The molecule has 7 nitrogen and oxygen atoms in total. The number of hydrogen-bond acceptors (Lipinski definition) is 5. The van der Waals surface area contributed by atoms with Gasteiger partial charge in [-0.05, 0) is 47.0 Å². The topological polar surface area (TPSA) is 81.2 Å². The number of carbonyl (C=O) groups excluding carboxylic acids is 3. The van der Waals surface area contributed by atoms with Crippen molar-refractivity contribution in [2.75, 3.05) is 32.8 Å². The number of likely N-dealkylation sites (tertiary alicyclic amines) is 1. The lowest BCUT2D eigenvalue weighted by molar-refractivity contribution is -0.146. The lowest BCUT2D eigenvalue weighted by atomic mass is 9.74. The van der Waals surface area contributed by atoms with Gasteiger partial charge >= 0.3 is 0 Å². The van der Waals surface area contributed by atoms with E-state index in [1.807, 2.05) is 36.6 Å². The lowest BCUT2D eigenvalue weighted by Crippen LogP contribution is -2.57. The molecule has 0 bridgehead atoms. The van der Waals surface area contributed by atoms with Gasteiger partial charge < -0.3 is 19.8 Å². The summed E-state index contributed by atoms with van der Waals surface area (Å²) in [5.74, 6) is -1.11. The molecule has 0 saturated carbocycles. The van der Waals surface area contributed by atoms with Gasteiger partial charge in [-0.15, -0.1) is 11.8 Å². The highest BCUT2D eigenvalue weighted by Gasteiger charge is 2.74. The molecular formula is C28H43N3O4S. The van der Waals surface area contributed by atoms with Crippen molar-refractivity contribution >= 4 is 29.5 Å². The maximum atomic E-state index is 14.3. The Bertz CT molecular complexity index is 944. The first-order valence-corrected chi connectivity index (χ1v) is 14.4. The van der Waals surface area contributed by atoms with Gasteiger partial charge in [0.25, 0.3) is 0 Å². The highest BCUT2D eigenvalue weighted by atomic mass is 32.2. The van der Waals surface area contributed by atoms with Crippen LogP contribution in [0.2, 0.25) is 0 Å². The summed E-state index contributed by atoms with van der Waals surface area (Å²) in [5.41, 5.74) is -0.383. The first-order valence-electron chi connectivity index (χ1n) is 13.6. The van der Waals surface area contributed by atoms with Gasteiger partial charge in [-0.25, -0.2) is 0 Å². The molecule has 1 spiro atoms. The Morgan fingerprint density at radius 2 is 1.64 bits per heavy atom. The number of nitrogens with zero attached hydrogens (tertiary/aromatic N) is 3. The van der Waals surface area contributed by atoms with Crippen molar-refractivity contribution in [2.24, 2.45) is 11.8 Å². The van der Waals surface area contributed by atoms with E-state index in [9.17, 15) is 14.4 Å². The van der Waals surface area contributed by atoms with Crippen molar-refractivity contribution in [3.05, 3.63) is 24.3 Å². The van der Waals surface area contributed by atoms with Crippen LogP contribution in [-0.4, -0.2) is 91.4 Å². The third kappa shape index (κ3) is 4.42. The average molecular weight is 518 g/mol. The second-order valence-electron chi connectivity index (χ2n) is 11.9. The van der Waals surface area contributed by atoms with Gasteiger partial charge in [0.1, 0.15) is 6.04 Å². The van der Waals surface area contributed by atoms with Crippen molar-refractivity contribution in [2.45, 2.75) is 87.8 Å². The summed E-state index contributed by atoms with van der Waals surface area (Å²) in [7, 11) is 0. The molecule has 1 unspecified atom stereocenters. The lowest BCUT2D eigenvalue weighted by Gasteiger charge is -2.41. The summed E-state index contributed by atoms with van der Waals surface area (Å²) < 4.78 is -1.32. The first-order chi connectivity index (χ1) is 17.0. The average Bonchev–Trinajstić information content (AvgIpc) is 3.06.